The SMILES string of the molecule is Cc1[nH]n2c(=O)c([N+](=O)[O-])c(-c3ccc(C(=O)O)cc3)nc2c1-c1ccc(Cl)cc1Cl. The fraction of sp³-hybridized carbons (Fsp3) is 0.0500. The van der Waals surface area contributed by atoms with Crippen LogP contribution in [0.15, 0.2) is 47.3 Å². The highest BCUT2D eigenvalue weighted by atomic mass is 35.5. The van der Waals surface area contributed by atoms with Crippen LogP contribution in [0.25, 0.3) is 28.0 Å². The van der Waals surface area contributed by atoms with Gasteiger partial charge in [0, 0.05) is 27.4 Å². The number of aromatic nitrogens is 3. The first-order valence-electron chi connectivity index (χ1n) is 8.78. The summed E-state index contributed by atoms with van der Waals surface area (Å²) in [4.78, 5) is 39.4. The van der Waals surface area contributed by atoms with Crippen LogP contribution in [-0.2, 0) is 0 Å². The molecular weight excluding hydrogens is 447 g/mol. The Morgan fingerprint density at radius 2 is 1.87 bits per heavy atom. The number of halogens is 2. The Morgan fingerprint density at radius 3 is 2.45 bits per heavy atom. The van der Waals surface area contributed by atoms with E-state index in [-0.39, 0.29) is 22.5 Å². The second-order valence-corrected chi connectivity index (χ2v) is 7.49. The number of rotatable bonds is 4. The number of nitrogens with zero attached hydrogens (tertiary/aromatic N) is 3. The van der Waals surface area contributed by atoms with Gasteiger partial charge in [-0.3, -0.25) is 20.0 Å². The van der Waals surface area contributed by atoms with Gasteiger partial charge < -0.3 is 5.11 Å². The number of H-pyrrole nitrogens is 1. The van der Waals surface area contributed by atoms with E-state index in [2.05, 4.69) is 10.1 Å². The number of nitrogens with one attached hydrogen (secondary N) is 1. The molecule has 0 amide bonds. The van der Waals surface area contributed by atoms with Crippen molar-refractivity contribution in [2.45, 2.75) is 6.92 Å². The lowest BCUT2D eigenvalue weighted by atomic mass is 10.1. The first kappa shape index (κ1) is 20.6. The smallest absolute Gasteiger partial charge is 0.361 e. The van der Waals surface area contributed by atoms with Crippen LogP contribution < -0.4 is 5.56 Å². The maximum Gasteiger partial charge on any atom is 0.361 e. The zero-order valence-corrected chi connectivity index (χ0v) is 17.2. The van der Waals surface area contributed by atoms with E-state index in [1.165, 1.54) is 30.3 Å². The summed E-state index contributed by atoms with van der Waals surface area (Å²) >= 11 is 12.3. The summed E-state index contributed by atoms with van der Waals surface area (Å²) in [5, 5.41) is 24.3. The van der Waals surface area contributed by atoms with E-state index in [1.54, 1.807) is 19.1 Å². The first-order chi connectivity index (χ1) is 14.7. The summed E-state index contributed by atoms with van der Waals surface area (Å²) in [6.07, 6.45) is 0. The minimum absolute atomic E-state index is 0.00433. The molecule has 0 spiro atoms. The van der Waals surface area contributed by atoms with Gasteiger partial charge in [0.15, 0.2) is 11.3 Å². The Labute approximate surface area is 183 Å². The van der Waals surface area contributed by atoms with Gasteiger partial charge in [-0.05, 0) is 31.2 Å². The zero-order valence-electron chi connectivity index (χ0n) is 15.7. The average molecular weight is 459 g/mol. The van der Waals surface area contributed by atoms with E-state index in [9.17, 15) is 19.7 Å². The topological polar surface area (TPSA) is 131 Å². The molecular formula is C20H12Cl2N4O5. The van der Waals surface area contributed by atoms with E-state index in [0.717, 1.165) is 4.52 Å². The molecule has 0 radical (unpaired) electrons. The molecule has 0 aliphatic carbocycles. The molecule has 4 rings (SSSR count). The Balaban J connectivity index is 2.06. The minimum Gasteiger partial charge on any atom is -0.478 e. The van der Waals surface area contributed by atoms with Crippen molar-refractivity contribution < 1.29 is 14.8 Å². The monoisotopic (exact) mass is 458 g/mol. The highest BCUT2D eigenvalue weighted by molar-refractivity contribution is 6.36. The molecule has 9 nitrogen and oxygen atoms in total. The molecule has 2 aromatic heterocycles. The number of carbonyl (C=O) groups is 1. The molecule has 156 valence electrons. The highest BCUT2D eigenvalue weighted by Gasteiger charge is 2.28. The van der Waals surface area contributed by atoms with Crippen LogP contribution >= 0.6 is 23.2 Å². The van der Waals surface area contributed by atoms with E-state index in [4.69, 9.17) is 28.3 Å². The molecule has 31 heavy (non-hydrogen) atoms. The molecule has 2 heterocycles. The molecule has 0 atom stereocenters. The van der Waals surface area contributed by atoms with Crippen LogP contribution in [0.5, 0.6) is 0 Å². The normalized spacial score (nSPS) is 11.1. The summed E-state index contributed by atoms with van der Waals surface area (Å²) in [6, 6.07) is 10.1. The summed E-state index contributed by atoms with van der Waals surface area (Å²) in [7, 11) is 0. The largest absolute Gasteiger partial charge is 0.478 e. The van der Waals surface area contributed by atoms with Gasteiger partial charge in [-0.1, -0.05) is 41.4 Å². The van der Waals surface area contributed by atoms with Crippen LogP contribution in [0, 0.1) is 17.0 Å². The molecule has 4 aromatic rings. The third-order valence-electron chi connectivity index (χ3n) is 4.73. The van der Waals surface area contributed by atoms with Crippen LogP contribution in [0.4, 0.5) is 5.69 Å². The van der Waals surface area contributed by atoms with Crippen molar-refractivity contribution in [3.05, 3.63) is 84.2 Å². The predicted octanol–water partition coefficient (Wildman–Crippen LogP) is 4.58. The number of carboxylic acids is 1. The van der Waals surface area contributed by atoms with Gasteiger partial charge in [0.2, 0.25) is 0 Å². The summed E-state index contributed by atoms with van der Waals surface area (Å²) < 4.78 is 0.989. The summed E-state index contributed by atoms with van der Waals surface area (Å²) in [5.74, 6) is -1.15. The minimum atomic E-state index is -1.15. The van der Waals surface area contributed by atoms with E-state index >= 15 is 0 Å². The summed E-state index contributed by atoms with van der Waals surface area (Å²) in [6.45, 7) is 1.68. The molecule has 2 aromatic carbocycles. The molecule has 0 saturated heterocycles. The quantitative estimate of drug-likeness (QED) is 0.339. The predicted molar refractivity (Wildman–Crippen MR) is 115 cm³/mol. The van der Waals surface area contributed by atoms with Crippen molar-refractivity contribution in [1.82, 2.24) is 14.6 Å². The number of hydrogen-bond acceptors (Lipinski definition) is 5. The second-order valence-electron chi connectivity index (χ2n) is 6.65. The van der Waals surface area contributed by atoms with Gasteiger partial charge in [-0.25, -0.2) is 9.78 Å². The number of aryl methyl sites for hydroxylation is 1. The molecule has 11 heteroatoms. The maximum atomic E-state index is 13.0. The van der Waals surface area contributed by atoms with Crippen molar-refractivity contribution in [1.29, 1.82) is 0 Å². The van der Waals surface area contributed by atoms with E-state index < -0.39 is 22.1 Å². The molecule has 0 bridgehead atoms. The maximum absolute atomic E-state index is 13.0. The number of hydrogen-bond donors (Lipinski definition) is 2. The number of aromatic carboxylic acids is 1. The number of aromatic amines is 1. The van der Waals surface area contributed by atoms with Gasteiger partial charge in [-0.15, -0.1) is 0 Å². The lowest BCUT2D eigenvalue weighted by molar-refractivity contribution is -0.385. The van der Waals surface area contributed by atoms with Gasteiger partial charge >= 0.3 is 17.2 Å². The standard InChI is InChI=1S/C20H12Cl2N4O5/c1-9-15(13-7-6-12(21)8-14(13)22)18-23-16(10-2-4-11(5-3-10)20(28)29)17(26(30)31)19(27)25(18)24-9/h2-8,24H,1H3,(H,28,29). The molecule has 0 aliphatic heterocycles. The summed E-state index contributed by atoms with van der Waals surface area (Å²) in [5.41, 5.74) is 0.0571. The van der Waals surface area contributed by atoms with Gasteiger partial charge in [0.25, 0.3) is 0 Å². The fourth-order valence-corrected chi connectivity index (χ4v) is 3.83. The molecule has 0 saturated carbocycles. The Kier molecular flexibility index (Phi) is 5.00. The molecule has 0 unspecified atom stereocenters. The average Bonchev–Trinajstić information content (AvgIpc) is 3.04. The Bertz CT molecular complexity index is 1440. The van der Waals surface area contributed by atoms with Crippen molar-refractivity contribution in [2.75, 3.05) is 0 Å². The lowest BCUT2D eigenvalue weighted by Crippen LogP contribution is -2.20. The van der Waals surface area contributed by atoms with Crippen molar-refractivity contribution in [3.8, 4) is 22.4 Å². The van der Waals surface area contributed by atoms with E-state index in [1.807, 2.05) is 0 Å². The highest BCUT2D eigenvalue weighted by Crippen LogP contribution is 2.36. The van der Waals surface area contributed by atoms with Crippen LogP contribution in [0.1, 0.15) is 16.1 Å². The molecule has 2 N–H and O–H groups in total. The molecule has 0 aliphatic rings. The number of benzene rings is 2. The van der Waals surface area contributed by atoms with Gasteiger partial charge in [0.05, 0.1) is 15.5 Å². The van der Waals surface area contributed by atoms with Crippen LogP contribution in [0.2, 0.25) is 10.0 Å². The number of fused-ring (bicyclic) bond motifs is 1. The van der Waals surface area contributed by atoms with Gasteiger partial charge in [0.1, 0.15) is 0 Å². The van der Waals surface area contributed by atoms with Gasteiger partial charge in [-0.2, -0.15) is 4.52 Å². The Morgan fingerprint density at radius 1 is 1.19 bits per heavy atom. The third kappa shape index (κ3) is 3.43. The van der Waals surface area contributed by atoms with Crippen molar-refractivity contribution in [2.24, 2.45) is 0 Å². The van der Waals surface area contributed by atoms with Crippen molar-refractivity contribution in [3.63, 3.8) is 0 Å². The van der Waals surface area contributed by atoms with E-state index in [0.29, 0.717) is 26.9 Å². The molecule has 0 fully saturated rings. The second kappa shape index (κ2) is 7.53. The third-order valence-corrected chi connectivity index (χ3v) is 5.27. The lowest BCUT2D eigenvalue weighted by Gasteiger charge is -2.07. The van der Waals surface area contributed by atoms with Crippen molar-refractivity contribution >= 4 is 40.5 Å². The Hall–Kier alpha value is -3.69. The fourth-order valence-electron chi connectivity index (χ4n) is 3.33. The number of carboxylic acid groups (broad SMARTS) is 1. The van der Waals surface area contributed by atoms with Crippen LogP contribution in [-0.4, -0.2) is 30.6 Å². The zero-order chi connectivity index (χ0) is 22.4. The van der Waals surface area contributed by atoms with Crippen LogP contribution in [0.3, 0.4) is 0 Å². The number of nitro groups is 1. The first-order valence-corrected chi connectivity index (χ1v) is 9.53.